The highest BCUT2D eigenvalue weighted by molar-refractivity contribution is 7.14. The Balaban J connectivity index is 2.36. The van der Waals surface area contributed by atoms with Crippen LogP contribution in [0.2, 0.25) is 0 Å². The molecule has 1 aromatic heterocycles. The summed E-state index contributed by atoms with van der Waals surface area (Å²) in [6.07, 6.45) is 0.802. The van der Waals surface area contributed by atoms with Crippen molar-refractivity contribution in [1.82, 2.24) is 0 Å². The molecule has 0 aliphatic heterocycles. The fraction of sp³-hybridized carbons (Fsp3) is 0.214. The molecule has 0 spiro atoms. The molecule has 0 saturated carbocycles. The van der Waals surface area contributed by atoms with Gasteiger partial charge in [-0.05, 0) is 12.0 Å². The van der Waals surface area contributed by atoms with Gasteiger partial charge in [0.25, 0.3) is 0 Å². The van der Waals surface area contributed by atoms with Crippen molar-refractivity contribution in [3.8, 4) is 11.1 Å². The van der Waals surface area contributed by atoms with E-state index in [1.807, 2.05) is 42.6 Å². The molecule has 1 aromatic carbocycles. The second kappa shape index (κ2) is 5.69. The van der Waals surface area contributed by atoms with Gasteiger partial charge < -0.3 is 10.5 Å². The summed E-state index contributed by atoms with van der Waals surface area (Å²) in [5.74, 6) is -0.338. The minimum atomic E-state index is -0.338. The Labute approximate surface area is 110 Å². The van der Waals surface area contributed by atoms with E-state index in [4.69, 9.17) is 10.5 Å². The second-order valence-electron chi connectivity index (χ2n) is 3.89. The van der Waals surface area contributed by atoms with E-state index >= 15 is 0 Å². The highest BCUT2D eigenvalue weighted by atomic mass is 32.1. The number of nitrogens with two attached hydrogens (primary N) is 1. The van der Waals surface area contributed by atoms with Crippen molar-refractivity contribution < 1.29 is 9.53 Å². The van der Waals surface area contributed by atoms with Crippen molar-refractivity contribution in [2.24, 2.45) is 0 Å². The lowest BCUT2D eigenvalue weighted by molar-refractivity contribution is 0.0508. The molecule has 94 valence electrons. The number of benzene rings is 1. The summed E-state index contributed by atoms with van der Waals surface area (Å²) in [7, 11) is 0. The molecule has 2 rings (SSSR count). The normalized spacial score (nSPS) is 10.3. The average Bonchev–Trinajstić information content (AvgIpc) is 2.79. The predicted molar refractivity (Wildman–Crippen MR) is 74.7 cm³/mol. The van der Waals surface area contributed by atoms with Crippen molar-refractivity contribution in [3.05, 3.63) is 41.3 Å². The molecule has 1 heterocycles. The number of carbonyl (C=O) groups excluding carboxylic acids is 1. The zero-order valence-electron chi connectivity index (χ0n) is 10.2. The van der Waals surface area contributed by atoms with E-state index in [0.717, 1.165) is 17.5 Å². The zero-order valence-corrected chi connectivity index (χ0v) is 11.0. The van der Waals surface area contributed by atoms with Crippen LogP contribution in [0, 0.1) is 0 Å². The van der Waals surface area contributed by atoms with Crippen LogP contribution in [0.4, 0.5) is 5.00 Å². The second-order valence-corrected chi connectivity index (χ2v) is 4.80. The van der Waals surface area contributed by atoms with Crippen molar-refractivity contribution in [3.63, 3.8) is 0 Å². The number of carbonyl (C=O) groups is 1. The monoisotopic (exact) mass is 261 g/mol. The highest BCUT2D eigenvalue weighted by Crippen LogP contribution is 2.33. The zero-order chi connectivity index (χ0) is 13.0. The summed E-state index contributed by atoms with van der Waals surface area (Å²) >= 11 is 1.36. The first-order chi connectivity index (χ1) is 8.74. The molecular weight excluding hydrogens is 246 g/mol. The molecule has 4 heteroatoms. The Kier molecular flexibility index (Phi) is 3.99. The third-order valence-corrected chi connectivity index (χ3v) is 3.36. The smallest absolute Gasteiger partial charge is 0.341 e. The fourth-order valence-electron chi connectivity index (χ4n) is 1.68. The lowest BCUT2D eigenvalue weighted by atomic mass is 10.0. The van der Waals surface area contributed by atoms with Crippen molar-refractivity contribution in [1.29, 1.82) is 0 Å². The van der Waals surface area contributed by atoms with Crippen molar-refractivity contribution in [2.45, 2.75) is 13.3 Å². The Morgan fingerprint density at radius 2 is 2.06 bits per heavy atom. The SMILES string of the molecule is CCCOC(=O)c1c(-c2ccccc2)csc1N. The van der Waals surface area contributed by atoms with E-state index in [0.29, 0.717) is 17.2 Å². The first-order valence-electron chi connectivity index (χ1n) is 5.83. The van der Waals surface area contributed by atoms with Crippen molar-refractivity contribution in [2.75, 3.05) is 12.3 Å². The van der Waals surface area contributed by atoms with Gasteiger partial charge in [-0.1, -0.05) is 37.3 Å². The molecule has 0 aliphatic rings. The van der Waals surface area contributed by atoms with Crippen LogP contribution >= 0.6 is 11.3 Å². The Morgan fingerprint density at radius 1 is 1.33 bits per heavy atom. The quantitative estimate of drug-likeness (QED) is 0.856. The summed E-state index contributed by atoms with van der Waals surface area (Å²) in [6, 6.07) is 9.72. The first-order valence-corrected chi connectivity index (χ1v) is 6.71. The molecular formula is C14H15NO2S. The number of anilines is 1. The van der Waals surface area contributed by atoms with E-state index in [1.54, 1.807) is 0 Å². The van der Waals surface area contributed by atoms with Gasteiger partial charge in [-0.25, -0.2) is 4.79 Å². The first kappa shape index (κ1) is 12.6. The van der Waals surface area contributed by atoms with Crippen LogP contribution in [0.15, 0.2) is 35.7 Å². The molecule has 0 atom stereocenters. The van der Waals surface area contributed by atoms with Gasteiger partial charge >= 0.3 is 5.97 Å². The molecule has 0 saturated heterocycles. The predicted octanol–water partition coefficient (Wildman–Crippen LogP) is 3.56. The van der Waals surface area contributed by atoms with Gasteiger partial charge in [-0.15, -0.1) is 11.3 Å². The van der Waals surface area contributed by atoms with Gasteiger partial charge in [0, 0.05) is 10.9 Å². The van der Waals surface area contributed by atoms with Gasteiger partial charge in [0.15, 0.2) is 0 Å². The van der Waals surface area contributed by atoms with Gasteiger partial charge in [-0.2, -0.15) is 0 Å². The number of ether oxygens (including phenoxy) is 1. The lowest BCUT2D eigenvalue weighted by Crippen LogP contribution is -2.08. The van der Waals surface area contributed by atoms with E-state index in [1.165, 1.54) is 11.3 Å². The number of rotatable bonds is 4. The third-order valence-electron chi connectivity index (χ3n) is 2.55. The van der Waals surface area contributed by atoms with Crippen molar-refractivity contribution >= 4 is 22.3 Å². The molecule has 0 radical (unpaired) electrons. The molecule has 0 unspecified atom stereocenters. The Morgan fingerprint density at radius 3 is 2.72 bits per heavy atom. The minimum Gasteiger partial charge on any atom is -0.462 e. The molecule has 0 fully saturated rings. The maximum atomic E-state index is 12.0. The van der Waals surface area contributed by atoms with Gasteiger partial charge in [0.1, 0.15) is 10.6 Å². The number of nitrogen functional groups attached to an aromatic ring is 1. The molecule has 2 N–H and O–H groups in total. The lowest BCUT2D eigenvalue weighted by Gasteiger charge is -2.06. The van der Waals surface area contributed by atoms with E-state index < -0.39 is 0 Å². The maximum Gasteiger partial charge on any atom is 0.341 e. The fourth-order valence-corrected chi connectivity index (χ4v) is 2.49. The molecule has 0 amide bonds. The van der Waals surface area contributed by atoms with Gasteiger partial charge in [-0.3, -0.25) is 0 Å². The van der Waals surface area contributed by atoms with Crippen LogP contribution in [0.5, 0.6) is 0 Å². The van der Waals surface area contributed by atoms with Crippen LogP contribution in [-0.4, -0.2) is 12.6 Å². The standard InChI is InChI=1S/C14H15NO2S/c1-2-8-17-14(16)12-11(9-18-13(12)15)10-6-4-3-5-7-10/h3-7,9H,2,8,15H2,1H3. The van der Waals surface area contributed by atoms with Crippen LogP contribution < -0.4 is 5.73 Å². The summed E-state index contributed by atoms with van der Waals surface area (Å²) in [6.45, 7) is 2.38. The van der Waals surface area contributed by atoms with E-state index in [-0.39, 0.29) is 5.97 Å². The summed E-state index contributed by atoms with van der Waals surface area (Å²) in [4.78, 5) is 12.0. The maximum absolute atomic E-state index is 12.0. The topological polar surface area (TPSA) is 52.3 Å². The Hall–Kier alpha value is -1.81. The molecule has 18 heavy (non-hydrogen) atoms. The van der Waals surface area contributed by atoms with E-state index in [9.17, 15) is 4.79 Å². The van der Waals surface area contributed by atoms with Crippen LogP contribution in [-0.2, 0) is 4.74 Å². The van der Waals surface area contributed by atoms with Crippen LogP contribution in [0.25, 0.3) is 11.1 Å². The van der Waals surface area contributed by atoms with Gasteiger partial charge in [0.05, 0.1) is 6.61 Å². The van der Waals surface area contributed by atoms with Gasteiger partial charge in [0.2, 0.25) is 0 Å². The minimum absolute atomic E-state index is 0.338. The summed E-state index contributed by atoms with van der Waals surface area (Å²) in [5, 5.41) is 2.41. The largest absolute Gasteiger partial charge is 0.462 e. The summed E-state index contributed by atoms with van der Waals surface area (Å²) < 4.78 is 5.17. The van der Waals surface area contributed by atoms with Crippen LogP contribution in [0.1, 0.15) is 23.7 Å². The molecule has 0 aliphatic carbocycles. The number of esters is 1. The number of hydrogen-bond acceptors (Lipinski definition) is 4. The number of hydrogen-bond donors (Lipinski definition) is 1. The third kappa shape index (κ3) is 2.54. The molecule has 0 bridgehead atoms. The highest BCUT2D eigenvalue weighted by Gasteiger charge is 2.19. The van der Waals surface area contributed by atoms with E-state index in [2.05, 4.69) is 0 Å². The average molecular weight is 261 g/mol. The number of thiophene rings is 1. The molecule has 2 aromatic rings. The molecule has 3 nitrogen and oxygen atoms in total. The summed E-state index contributed by atoms with van der Waals surface area (Å²) in [5.41, 5.74) is 8.18. The Bertz CT molecular complexity index is 534. The van der Waals surface area contributed by atoms with Crippen LogP contribution in [0.3, 0.4) is 0 Å².